The second-order valence-electron chi connectivity index (χ2n) is 5.71. The van der Waals surface area contributed by atoms with Crippen molar-refractivity contribution < 1.29 is 14.3 Å². The molecule has 1 aliphatic heterocycles. The molecule has 0 aromatic heterocycles. The number of carbonyl (C=O) groups is 1. The van der Waals surface area contributed by atoms with Crippen molar-refractivity contribution in [1.82, 2.24) is 4.90 Å². The number of rotatable bonds is 5. The van der Waals surface area contributed by atoms with Crippen LogP contribution in [0.3, 0.4) is 0 Å². The molecule has 0 saturated carbocycles. The van der Waals surface area contributed by atoms with Crippen LogP contribution in [0.1, 0.15) is 37.3 Å². The van der Waals surface area contributed by atoms with E-state index in [1.54, 1.807) is 12.1 Å². The van der Waals surface area contributed by atoms with Crippen molar-refractivity contribution >= 4 is 5.97 Å². The quantitative estimate of drug-likeness (QED) is 0.905. The Morgan fingerprint density at radius 1 is 1.57 bits per heavy atom. The van der Waals surface area contributed by atoms with E-state index in [0.717, 1.165) is 6.42 Å². The normalized spacial score (nSPS) is 22.1. The molecule has 2 rings (SSSR count). The third-order valence-corrected chi connectivity index (χ3v) is 4.19. The van der Waals surface area contributed by atoms with Crippen molar-refractivity contribution in [2.75, 3.05) is 13.1 Å². The molecule has 1 N–H and O–H groups in total. The van der Waals surface area contributed by atoms with E-state index >= 15 is 0 Å². The summed E-state index contributed by atoms with van der Waals surface area (Å²) in [5.74, 6) is -1.16. The van der Waals surface area contributed by atoms with Crippen LogP contribution >= 0.6 is 0 Å². The molecule has 1 heterocycles. The highest BCUT2D eigenvalue weighted by molar-refractivity contribution is 5.75. The molecule has 1 aromatic rings. The van der Waals surface area contributed by atoms with E-state index in [1.165, 1.54) is 6.07 Å². The summed E-state index contributed by atoms with van der Waals surface area (Å²) in [5.41, 5.74) is 0.105. The Morgan fingerprint density at radius 3 is 2.90 bits per heavy atom. The minimum atomic E-state index is -0.757. The molecule has 4 nitrogen and oxygen atoms in total. The molecule has 1 fully saturated rings. The SMILES string of the molecule is CCCC1(C(=O)O)CCN(Cc2ccc(C#N)cc2F)C1. The van der Waals surface area contributed by atoms with Crippen LogP contribution in [0.2, 0.25) is 0 Å². The van der Waals surface area contributed by atoms with Gasteiger partial charge >= 0.3 is 5.97 Å². The van der Waals surface area contributed by atoms with Crippen LogP contribution in [0.4, 0.5) is 4.39 Å². The smallest absolute Gasteiger partial charge is 0.310 e. The molecule has 0 bridgehead atoms. The predicted molar refractivity (Wildman–Crippen MR) is 76.0 cm³/mol. The van der Waals surface area contributed by atoms with Gasteiger partial charge in [0.1, 0.15) is 5.82 Å². The van der Waals surface area contributed by atoms with E-state index in [1.807, 2.05) is 17.9 Å². The number of carboxylic acid groups (broad SMARTS) is 1. The summed E-state index contributed by atoms with van der Waals surface area (Å²) >= 11 is 0. The zero-order valence-corrected chi connectivity index (χ0v) is 12.1. The number of likely N-dealkylation sites (tertiary alicyclic amines) is 1. The van der Waals surface area contributed by atoms with Crippen molar-refractivity contribution in [3.8, 4) is 6.07 Å². The van der Waals surface area contributed by atoms with E-state index in [2.05, 4.69) is 0 Å². The number of hydrogen-bond donors (Lipinski definition) is 1. The molecule has 0 spiro atoms. The average molecular weight is 290 g/mol. The van der Waals surface area contributed by atoms with Gasteiger partial charge in [0.15, 0.2) is 0 Å². The molecule has 21 heavy (non-hydrogen) atoms. The number of nitriles is 1. The molecule has 0 aliphatic carbocycles. The lowest BCUT2D eigenvalue weighted by Crippen LogP contribution is -2.34. The summed E-state index contributed by atoms with van der Waals surface area (Å²) in [6, 6.07) is 6.32. The Kier molecular flexibility index (Phi) is 4.59. The highest BCUT2D eigenvalue weighted by Crippen LogP contribution is 2.36. The number of carboxylic acids is 1. The van der Waals surface area contributed by atoms with Gasteiger partial charge in [0.2, 0.25) is 0 Å². The minimum Gasteiger partial charge on any atom is -0.481 e. The molecule has 1 saturated heterocycles. The minimum absolute atomic E-state index is 0.295. The lowest BCUT2D eigenvalue weighted by Gasteiger charge is -2.24. The Labute approximate surface area is 123 Å². The summed E-state index contributed by atoms with van der Waals surface area (Å²) in [6.45, 7) is 3.48. The largest absolute Gasteiger partial charge is 0.481 e. The fraction of sp³-hybridized carbons (Fsp3) is 0.500. The second kappa shape index (κ2) is 6.23. The van der Waals surface area contributed by atoms with Crippen LogP contribution in [-0.2, 0) is 11.3 Å². The van der Waals surface area contributed by atoms with Crippen molar-refractivity contribution in [2.45, 2.75) is 32.7 Å². The lowest BCUT2D eigenvalue weighted by molar-refractivity contribution is -0.148. The second-order valence-corrected chi connectivity index (χ2v) is 5.71. The van der Waals surface area contributed by atoms with Gasteiger partial charge in [-0.2, -0.15) is 5.26 Å². The van der Waals surface area contributed by atoms with Gasteiger partial charge in [0.05, 0.1) is 17.0 Å². The molecular formula is C16H19FN2O2. The zero-order chi connectivity index (χ0) is 15.5. The maximum Gasteiger partial charge on any atom is 0.310 e. The lowest BCUT2D eigenvalue weighted by atomic mass is 9.83. The molecule has 1 aliphatic rings. The predicted octanol–water partition coefficient (Wildman–Crippen LogP) is 2.77. The van der Waals surface area contributed by atoms with Gasteiger partial charge in [0.25, 0.3) is 0 Å². The Balaban J connectivity index is 2.09. The molecule has 5 heteroatoms. The van der Waals surface area contributed by atoms with Gasteiger partial charge in [-0.1, -0.05) is 19.4 Å². The summed E-state index contributed by atoms with van der Waals surface area (Å²) in [7, 11) is 0. The first-order valence-electron chi connectivity index (χ1n) is 7.15. The first-order chi connectivity index (χ1) is 10.0. The highest BCUT2D eigenvalue weighted by Gasteiger charge is 2.43. The molecule has 1 aromatic carbocycles. The van der Waals surface area contributed by atoms with E-state index in [4.69, 9.17) is 5.26 Å². The van der Waals surface area contributed by atoms with Crippen LogP contribution in [0.5, 0.6) is 0 Å². The molecule has 0 amide bonds. The van der Waals surface area contributed by atoms with Crippen LogP contribution in [-0.4, -0.2) is 29.1 Å². The highest BCUT2D eigenvalue weighted by atomic mass is 19.1. The van der Waals surface area contributed by atoms with Crippen molar-refractivity contribution in [3.05, 3.63) is 35.1 Å². The first kappa shape index (κ1) is 15.5. The van der Waals surface area contributed by atoms with Crippen molar-refractivity contribution in [3.63, 3.8) is 0 Å². The number of aliphatic carboxylic acids is 1. The molecule has 0 radical (unpaired) electrons. The van der Waals surface area contributed by atoms with Gasteiger partial charge in [0, 0.05) is 18.7 Å². The van der Waals surface area contributed by atoms with E-state index < -0.39 is 17.2 Å². The fourth-order valence-electron chi connectivity index (χ4n) is 3.04. The first-order valence-corrected chi connectivity index (χ1v) is 7.15. The van der Waals surface area contributed by atoms with E-state index in [0.29, 0.717) is 43.6 Å². The summed E-state index contributed by atoms with van der Waals surface area (Å²) in [6.07, 6.45) is 2.08. The summed E-state index contributed by atoms with van der Waals surface area (Å²) in [4.78, 5) is 13.5. The third kappa shape index (κ3) is 3.22. The molecule has 1 atom stereocenters. The Bertz CT molecular complexity index is 582. The van der Waals surface area contributed by atoms with Gasteiger partial charge in [-0.25, -0.2) is 4.39 Å². The maximum absolute atomic E-state index is 13.9. The van der Waals surface area contributed by atoms with Gasteiger partial charge < -0.3 is 5.11 Å². The molecule has 1 unspecified atom stereocenters. The van der Waals surface area contributed by atoms with E-state index in [-0.39, 0.29) is 0 Å². The summed E-state index contributed by atoms with van der Waals surface area (Å²) < 4.78 is 13.9. The average Bonchev–Trinajstić information content (AvgIpc) is 2.86. The number of halogens is 1. The van der Waals surface area contributed by atoms with Crippen LogP contribution in [0.25, 0.3) is 0 Å². The fourth-order valence-corrected chi connectivity index (χ4v) is 3.04. The van der Waals surface area contributed by atoms with Crippen LogP contribution < -0.4 is 0 Å². The van der Waals surface area contributed by atoms with E-state index in [9.17, 15) is 14.3 Å². The van der Waals surface area contributed by atoms with Gasteiger partial charge in [-0.15, -0.1) is 0 Å². The third-order valence-electron chi connectivity index (χ3n) is 4.19. The van der Waals surface area contributed by atoms with Crippen LogP contribution in [0, 0.1) is 22.6 Å². The Morgan fingerprint density at radius 2 is 2.33 bits per heavy atom. The zero-order valence-electron chi connectivity index (χ0n) is 12.1. The Hall–Kier alpha value is -1.93. The number of benzene rings is 1. The number of hydrogen-bond acceptors (Lipinski definition) is 3. The summed E-state index contributed by atoms with van der Waals surface area (Å²) in [5, 5.41) is 18.2. The van der Waals surface area contributed by atoms with Crippen molar-refractivity contribution in [1.29, 1.82) is 5.26 Å². The van der Waals surface area contributed by atoms with Gasteiger partial charge in [-0.05, 0) is 31.5 Å². The van der Waals surface area contributed by atoms with Gasteiger partial charge in [-0.3, -0.25) is 9.69 Å². The standard InChI is InChI=1S/C16H19FN2O2/c1-2-5-16(15(20)21)6-7-19(11-16)10-13-4-3-12(9-18)8-14(13)17/h3-4,8H,2,5-7,10-11H2,1H3,(H,20,21). The molecule has 112 valence electrons. The number of nitrogens with zero attached hydrogens (tertiary/aromatic N) is 2. The topological polar surface area (TPSA) is 64.3 Å². The monoisotopic (exact) mass is 290 g/mol. The maximum atomic E-state index is 13.9. The van der Waals surface area contributed by atoms with Crippen LogP contribution in [0.15, 0.2) is 18.2 Å². The van der Waals surface area contributed by atoms with Crippen molar-refractivity contribution in [2.24, 2.45) is 5.41 Å². The molecular weight excluding hydrogens is 271 g/mol.